The molecule has 0 aliphatic heterocycles. The predicted molar refractivity (Wildman–Crippen MR) is 114 cm³/mol. The fourth-order valence-corrected chi connectivity index (χ4v) is 4.12. The molecular formula is C22H14F3NO3S2. The van der Waals surface area contributed by atoms with Gasteiger partial charge >= 0.3 is 6.18 Å². The molecular weight excluding hydrogens is 447 g/mol. The van der Waals surface area contributed by atoms with Crippen LogP contribution in [0.3, 0.4) is 0 Å². The van der Waals surface area contributed by atoms with E-state index < -0.39 is 21.8 Å². The van der Waals surface area contributed by atoms with Crippen LogP contribution < -0.4 is 5.14 Å². The molecule has 0 unspecified atom stereocenters. The number of hydrogen-bond acceptors (Lipinski definition) is 4. The number of benzene rings is 3. The molecule has 0 atom stereocenters. The number of alkyl halides is 3. The van der Waals surface area contributed by atoms with E-state index in [-0.39, 0.29) is 4.90 Å². The van der Waals surface area contributed by atoms with Gasteiger partial charge in [-0.1, -0.05) is 36.5 Å². The smallest absolute Gasteiger partial charge is 0.416 e. The van der Waals surface area contributed by atoms with Crippen molar-refractivity contribution in [3.8, 4) is 22.5 Å². The van der Waals surface area contributed by atoms with Gasteiger partial charge in [-0.25, -0.2) is 13.6 Å². The Labute approximate surface area is 180 Å². The van der Waals surface area contributed by atoms with Crippen LogP contribution in [-0.2, 0) is 16.2 Å². The number of fused-ring (bicyclic) bond motifs is 1. The van der Waals surface area contributed by atoms with Crippen LogP contribution in [0.4, 0.5) is 13.2 Å². The van der Waals surface area contributed by atoms with Gasteiger partial charge in [-0.15, -0.1) is 0 Å². The average Bonchev–Trinajstić information content (AvgIpc) is 2.73. The number of rotatable bonds is 3. The number of para-hydroxylation sites is 1. The summed E-state index contributed by atoms with van der Waals surface area (Å²) in [6, 6.07) is 17.3. The Bertz CT molecular complexity index is 1440. The summed E-state index contributed by atoms with van der Waals surface area (Å²) >= 11 is 5.66. The molecule has 0 saturated carbocycles. The molecule has 3 aromatic carbocycles. The molecule has 0 amide bonds. The minimum Gasteiger partial charge on any atom is -0.455 e. The molecule has 0 aliphatic carbocycles. The lowest BCUT2D eigenvalue weighted by atomic mass is 9.98. The van der Waals surface area contributed by atoms with Crippen molar-refractivity contribution in [2.45, 2.75) is 11.1 Å². The van der Waals surface area contributed by atoms with Crippen molar-refractivity contribution < 1.29 is 26.0 Å². The highest BCUT2D eigenvalue weighted by molar-refractivity contribution is 7.89. The number of nitrogens with two attached hydrogens (primary N) is 1. The van der Waals surface area contributed by atoms with E-state index in [0.717, 1.165) is 12.1 Å². The second kappa shape index (κ2) is 7.60. The summed E-state index contributed by atoms with van der Waals surface area (Å²) in [6.07, 6.45) is -4.46. The zero-order valence-corrected chi connectivity index (χ0v) is 17.3. The van der Waals surface area contributed by atoms with Gasteiger partial charge in [-0.2, -0.15) is 13.2 Å². The number of sulfonamides is 1. The van der Waals surface area contributed by atoms with Gasteiger partial charge < -0.3 is 4.42 Å². The van der Waals surface area contributed by atoms with Gasteiger partial charge in [0.05, 0.1) is 15.0 Å². The lowest BCUT2D eigenvalue weighted by Gasteiger charge is -2.13. The monoisotopic (exact) mass is 461 g/mol. The van der Waals surface area contributed by atoms with E-state index >= 15 is 0 Å². The Morgan fingerprint density at radius 1 is 0.839 bits per heavy atom. The largest absolute Gasteiger partial charge is 0.455 e. The predicted octanol–water partition coefficient (Wildman–Crippen LogP) is 6.16. The molecule has 158 valence electrons. The lowest BCUT2D eigenvalue weighted by molar-refractivity contribution is -0.137. The Kier molecular flexibility index (Phi) is 5.20. The van der Waals surface area contributed by atoms with Crippen LogP contribution in [-0.4, -0.2) is 8.42 Å². The first-order chi connectivity index (χ1) is 14.6. The molecule has 0 bridgehead atoms. The van der Waals surface area contributed by atoms with E-state index in [1.807, 2.05) is 0 Å². The van der Waals surface area contributed by atoms with Crippen molar-refractivity contribution in [3.05, 3.63) is 82.9 Å². The highest BCUT2D eigenvalue weighted by atomic mass is 32.2. The van der Waals surface area contributed by atoms with E-state index in [9.17, 15) is 21.6 Å². The summed E-state index contributed by atoms with van der Waals surface area (Å²) in [5.74, 6) is 0.310. The average molecular weight is 461 g/mol. The highest BCUT2D eigenvalue weighted by Gasteiger charge is 2.30. The molecule has 4 nitrogen and oxygen atoms in total. The summed E-state index contributed by atoms with van der Waals surface area (Å²) in [5.41, 5.74) is 1.09. The third-order valence-electron chi connectivity index (χ3n) is 4.74. The SMILES string of the molecule is NS(=O)(=O)c1ccc(-c2oc3ccccc3c(=S)c2-c2ccc(C(F)(F)F)cc2)cc1. The van der Waals surface area contributed by atoms with E-state index in [2.05, 4.69) is 0 Å². The molecule has 31 heavy (non-hydrogen) atoms. The van der Waals surface area contributed by atoms with Gasteiger partial charge in [0.2, 0.25) is 10.0 Å². The minimum absolute atomic E-state index is 0.0771. The maximum absolute atomic E-state index is 13.0. The number of primary sulfonamides is 1. The zero-order chi connectivity index (χ0) is 22.4. The van der Waals surface area contributed by atoms with Crippen molar-refractivity contribution in [1.82, 2.24) is 0 Å². The van der Waals surface area contributed by atoms with Crippen molar-refractivity contribution in [1.29, 1.82) is 0 Å². The Hall–Kier alpha value is -3.01. The summed E-state index contributed by atoms with van der Waals surface area (Å²) in [6.45, 7) is 0. The summed E-state index contributed by atoms with van der Waals surface area (Å²) in [4.78, 5) is -0.0771. The summed E-state index contributed by atoms with van der Waals surface area (Å²) in [5, 5.41) is 5.79. The molecule has 2 N–H and O–H groups in total. The molecule has 1 aromatic heterocycles. The van der Waals surface area contributed by atoms with Gasteiger partial charge in [0.1, 0.15) is 11.3 Å². The first-order valence-electron chi connectivity index (χ1n) is 8.92. The number of hydrogen-bond donors (Lipinski definition) is 1. The summed E-state index contributed by atoms with van der Waals surface area (Å²) < 4.78 is 68.6. The molecule has 4 rings (SSSR count). The van der Waals surface area contributed by atoms with Crippen molar-refractivity contribution in [3.63, 3.8) is 0 Å². The van der Waals surface area contributed by atoms with Gasteiger partial charge in [-0.05, 0) is 54.1 Å². The van der Waals surface area contributed by atoms with Crippen molar-refractivity contribution in [2.24, 2.45) is 5.14 Å². The van der Waals surface area contributed by atoms with Crippen LogP contribution in [0, 0.1) is 4.51 Å². The molecule has 0 aliphatic rings. The lowest BCUT2D eigenvalue weighted by Crippen LogP contribution is -2.11. The van der Waals surface area contributed by atoms with Crippen molar-refractivity contribution in [2.75, 3.05) is 0 Å². The molecule has 0 fully saturated rings. The van der Waals surface area contributed by atoms with Crippen LogP contribution in [0.2, 0.25) is 0 Å². The quantitative estimate of drug-likeness (QED) is 0.371. The van der Waals surface area contributed by atoms with Crippen LogP contribution in [0.5, 0.6) is 0 Å². The van der Waals surface area contributed by atoms with Crippen LogP contribution in [0.1, 0.15) is 5.56 Å². The zero-order valence-electron chi connectivity index (χ0n) is 15.7. The van der Waals surface area contributed by atoms with Gasteiger partial charge in [0.15, 0.2) is 0 Å². The van der Waals surface area contributed by atoms with E-state index in [0.29, 0.717) is 37.9 Å². The van der Waals surface area contributed by atoms with E-state index in [1.54, 1.807) is 24.3 Å². The fraction of sp³-hybridized carbons (Fsp3) is 0.0455. The molecule has 0 spiro atoms. The second-order valence-corrected chi connectivity index (χ2v) is 8.75. The fourth-order valence-electron chi connectivity index (χ4n) is 3.23. The Morgan fingerprint density at radius 2 is 1.42 bits per heavy atom. The molecule has 9 heteroatoms. The van der Waals surface area contributed by atoms with E-state index in [1.165, 1.54) is 36.4 Å². The number of halogens is 3. The maximum Gasteiger partial charge on any atom is 0.416 e. The second-order valence-electron chi connectivity index (χ2n) is 6.78. The standard InChI is InChI=1S/C22H14F3NO3S2/c23-22(24,25)15-9-5-13(6-10-15)19-20(14-7-11-16(12-8-14)31(26,27)28)29-18-4-2-1-3-17(18)21(19)30/h1-12H,(H2,26,27,28). The summed E-state index contributed by atoms with van der Waals surface area (Å²) in [7, 11) is -3.88. The minimum atomic E-state index is -4.46. The first-order valence-corrected chi connectivity index (χ1v) is 10.9. The third-order valence-corrected chi connectivity index (χ3v) is 6.10. The highest BCUT2D eigenvalue weighted by Crippen LogP contribution is 2.39. The van der Waals surface area contributed by atoms with E-state index in [4.69, 9.17) is 21.8 Å². The molecule has 1 heterocycles. The molecule has 0 saturated heterocycles. The first kappa shape index (κ1) is 21.2. The topological polar surface area (TPSA) is 73.3 Å². The van der Waals surface area contributed by atoms with Crippen LogP contribution >= 0.6 is 12.2 Å². The van der Waals surface area contributed by atoms with Gasteiger partial charge in [0.25, 0.3) is 0 Å². The Balaban J connectivity index is 1.98. The van der Waals surface area contributed by atoms with Crippen LogP contribution in [0.25, 0.3) is 33.4 Å². The molecule has 0 radical (unpaired) electrons. The third kappa shape index (κ3) is 4.12. The Morgan fingerprint density at radius 3 is 2.00 bits per heavy atom. The van der Waals surface area contributed by atoms with Gasteiger partial charge in [0, 0.05) is 16.5 Å². The van der Waals surface area contributed by atoms with Crippen LogP contribution in [0.15, 0.2) is 82.1 Å². The van der Waals surface area contributed by atoms with Crippen molar-refractivity contribution >= 4 is 33.2 Å². The van der Waals surface area contributed by atoms with Gasteiger partial charge in [-0.3, -0.25) is 0 Å². The normalized spacial score (nSPS) is 12.3. The molecule has 4 aromatic rings. The maximum atomic E-state index is 13.0.